The van der Waals surface area contributed by atoms with Crippen LogP contribution < -0.4 is 5.73 Å². The minimum absolute atomic E-state index is 0. The van der Waals surface area contributed by atoms with E-state index in [1.54, 1.807) is 16.4 Å². The number of nitrogens with zero attached hydrogens (tertiary/aromatic N) is 1. The van der Waals surface area contributed by atoms with Crippen molar-refractivity contribution in [3.05, 3.63) is 29.8 Å². The molecule has 2 atom stereocenters. The van der Waals surface area contributed by atoms with Gasteiger partial charge in [-0.05, 0) is 49.4 Å². The summed E-state index contributed by atoms with van der Waals surface area (Å²) in [4.78, 5) is 0.381. The van der Waals surface area contributed by atoms with Gasteiger partial charge in [0.05, 0.1) is 4.90 Å². The van der Waals surface area contributed by atoms with Gasteiger partial charge in [0.2, 0.25) is 10.0 Å². The maximum Gasteiger partial charge on any atom is 0.243 e. The molecule has 0 saturated carbocycles. The lowest BCUT2D eigenvalue weighted by molar-refractivity contribution is 0.404. The van der Waals surface area contributed by atoms with Gasteiger partial charge in [0, 0.05) is 12.6 Å². The molecule has 6 heteroatoms. The third-order valence-electron chi connectivity index (χ3n) is 4.09. The van der Waals surface area contributed by atoms with Crippen molar-refractivity contribution in [2.75, 3.05) is 13.1 Å². The van der Waals surface area contributed by atoms with Crippen molar-refractivity contribution in [2.24, 2.45) is 11.7 Å². The quantitative estimate of drug-likeness (QED) is 0.921. The normalized spacial score (nSPS) is 23.3. The first-order chi connectivity index (χ1) is 9.36. The summed E-state index contributed by atoms with van der Waals surface area (Å²) in [5.74, 6) is 0.675. The van der Waals surface area contributed by atoms with Gasteiger partial charge in [-0.3, -0.25) is 0 Å². The molecule has 2 N–H and O–H groups in total. The average molecular weight is 333 g/mol. The summed E-state index contributed by atoms with van der Waals surface area (Å²) in [5, 5.41) is 0. The first kappa shape index (κ1) is 18.4. The van der Waals surface area contributed by atoms with E-state index in [0.29, 0.717) is 23.9 Å². The topological polar surface area (TPSA) is 63.4 Å². The number of halogens is 1. The van der Waals surface area contributed by atoms with Crippen LogP contribution in [0.3, 0.4) is 0 Å². The predicted molar refractivity (Wildman–Crippen MR) is 88.3 cm³/mol. The zero-order valence-electron chi connectivity index (χ0n) is 12.8. The van der Waals surface area contributed by atoms with Crippen molar-refractivity contribution >= 4 is 22.4 Å². The number of sulfonamides is 1. The Bertz CT molecular complexity index is 558. The Labute approximate surface area is 134 Å². The van der Waals surface area contributed by atoms with E-state index in [-0.39, 0.29) is 24.4 Å². The molecule has 21 heavy (non-hydrogen) atoms. The van der Waals surface area contributed by atoms with Crippen LogP contribution in [0.15, 0.2) is 29.2 Å². The van der Waals surface area contributed by atoms with E-state index in [9.17, 15) is 8.42 Å². The first-order valence-corrected chi connectivity index (χ1v) is 8.62. The molecule has 0 bridgehead atoms. The highest BCUT2D eigenvalue weighted by molar-refractivity contribution is 7.89. The first-order valence-electron chi connectivity index (χ1n) is 7.18. The number of hydrogen-bond donors (Lipinski definition) is 1. The van der Waals surface area contributed by atoms with Gasteiger partial charge in [0.15, 0.2) is 0 Å². The smallest absolute Gasteiger partial charge is 0.243 e. The molecular formula is C15H25ClN2O2S. The molecule has 1 aromatic rings. The van der Waals surface area contributed by atoms with E-state index in [1.807, 2.05) is 19.1 Å². The van der Waals surface area contributed by atoms with Crippen LogP contribution in [0.2, 0.25) is 0 Å². The molecular weight excluding hydrogens is 308 g/mol. The lowest BCUT2D eigenvalue weighted by Gasteiger charge is -2.21. The van der Waals surface area contributed by atoms with Crippen molar-refractivity contribution in [3.63, 3.8) is 0 Å². The summed E-state index contributed by atoms with van der Waals surface area (Å²) < 4.78 is 26.9. The minimum Gasteiger partial charge on any atom is -0.330 e. The molecule has 2 unspecified atom stereocenters. The van der Waals surface area contributed by atoms with Gasteiger partial charge in [-0.2, -0.15) is 4.31 Å². The van der Waals surface area contributed by atoms with Crippen LogP contribution in [0, 0.1) is 5.92 Å². The Morgan fingerprint density at radius 3 is 2.29 bits per heavy atom. The van der Waals surface area contributed by atoms with Crippen molar-refractivity contribution in [1.82, 2.24) is 4.31 Å². The largest absolute Gasteiger partial charge is 0.330 e. The summed E-state index contributed by atoms with van der Waals surface area (Å²) >= 11 is 0. The molecule has 1 fully saturated rings. The van der Waals surface area contributed by atoms with Crippen LogP contribution in [0.5, 0.6) is 0 Å². The van der Waals surface area contributed by atoms with E-state index in [1.165, 1.54) is 0 Å². The van der Waals surface area contributed by atoms with E-state index in [0.717, 1.165) is 12.0 Å². The van der Waals surface area contributed by atoms with Crippen LogP contribution in [-0.4, -0.2) is 31.9 Å². The Morgan fingerprint density at radius 2 is 1.86 bits per heavy atom. The third-order valence-corrected chi connectivity index (χ3v) is 6.09. The fraction of sp³-hybridized carbons (Fsp3) is 0.600. The summed E-state index contributed by atoms with van der Waals surface area (Å²) in [7, 11) is -3.40. The second-order valence-corrected chi connectivity index (χ2v) is 7.88. The molecule has 2 rings (SSSR count). The molecule has 0 spiro atoms. The highest BCUT2D eigenvalue weighted by Gasteiger charge is 2.37. The SMILES string of the molecule is CC(C)c1ccc(S(=O)(=O)N2CC(CN)CC2C)cc1.Cl. The van der Waals surface area contributed by atoms with Gasteiger partial charge in [-0.15, -0.1) is 12.4 Å². The van der Waals surface area contributed by atoms with Crippen LogP contribution in [0.1, 0.15) is 38.7 Å². The van der Waals surface area contributed by atoms with Gasteiger partial charge in [0.1, 0.15) is 0 Å². The molecule has 0 radical (unpaired) electrons. The van der Waals surface area contributed by atoms with Crippen molar-refractivity contribution < 1.29 is 8.42 Å². The highest BCUT2D eigenvalue weighted by atomic mass is 35.5. The highest BCUT2D eigenvalue weighted by Crippen LogP contribution is 2.29. The fourth-order valence-corrected chi connectivity index (χ4v) is 4.49. The monoisotopic (exact) mass is 332 g/mol. The summed E-state index contributed by atoms with van der Waals surface area (Å²) in [6.45, 7) is 7.22. The zero-order valence-corrected chi connectivity index (χ0v) is 14.5. The lowest BCUT2D eigenvalue weighted by Crippen LogP contribution is -2.34. The fourth-order valence-electron chi connectivity index (χ4n) is 2.77. The number of nitrogens with two attached hydrogens (primary N) is 1. The van der Waals surface area contributed by atoms with Gasteiger partial charge in [-0.25, -0.2) is 8.42 Å². The second kappa shape index (κ2) is 7.09. The summed E-state index contributed by atoms with van der Waals surface area (Å²) in [5.41, 5.74) is 6.82. The van der Waals surface area contributed by atoms with Gasteiger partial charge < -0.3 is 5.73 Å². The lowest BCUT2D eigenvalue weighted by atomic mass is 10.0. The maximum atomic E-state index is 12.7. The van der Waals surface area contributed by atoms with Crippen LogP contribution >= 0.6 is 12.4 Å². The number of hydrogen-bond acceptors (Lipinski definition) is 3. The number of benzene rings is 1. The van der Waals surface area contributed by atoms with Crippen LogP contribution in [0.4, 0.5) is 0 Å². The molecule has 0 aliphatic carbocycles. The van der Waals surface area contributed by atoms with Crippen molar-refractivity contribution in [3.8, 4) is 0 Å². The summed E-state index contributed by atoms with van der Waals surface area (Å²) in [6.07, 6.45) is 0.847. The predicted octanol–water partition coefficient (Wildman–Crippen LogP) is 2.59. The minimum atomic E-state index is -3.40. The standard InChI is InChI=1S/C15H24N2O2S.ClH/c1-11(2)14-4-6-15(7-5-14)20(18,19)17-10-13(9-16)8-12(17)3;/h4-7,11-13H,8-10,16H2,1-3H3;1H. The molecule has 1 heterocycles. The van der Waals surface area contributed by atoms with Crippen molar-refractivity contribution in [1.29, 1.82) is 0 Å². The second-order valence-electron chi connectivity index (χ2n) is 5.98. The van der Waals surface area contributed by atoms with E-state index in [4.69, 9.17) is 5.73 Å². The molecule has 1 aromatic carbocycles. The van der Waals surface area contributed by atoms with E-state index in [2.05, 4.69) is 13.8 Å². The molecule has 1 aliphatic rings. The third kappa shape index (κ3) is 3.77. The van der Waals surface area contributed by atoms with E-state index < -0.39 is 10.0 Å². The average Bonchev–Trinajstić information content (AvgIpc) is 2.81. The zero-order chi connectivity index (χ0) is 14.9. The molecule has 120 valence electrons. The molecule has 0 amide bonds. The molecule has 0 aromatic heterocycles. The maximum absolute atomic E-state index is 12.7. The van der Waals surface area contributed by atoms with Gasteiger partial charge >= 0.3 is 0 Å². The van der Waals surface area contributed by atoms with Crippen LogP contribution in [-0.2, 0) is 10.0 Å². The summed E-state index contributed by atoms with van der Waals surface area (Å²) in [6, 6.07) is 7.26. The van der Waals surface area contributed by atoms with Crippen LogP contribution in [0.25, 0.3) is 0 Å². The Morgan fingerprint density at radius 1 is 1.29 bits per heavy atom. The Balaban J connectivity index is 0.00000220. The van der Waals surface area contributed by atoms with Gasteiger partial charge in [0.25, 0.3) is 0 Å². The Hall–Kier alpha value is -0.620. The van der Waals surface area contributed by atoms with Crippen molar-refractivity contribution in [2.45, 2.75) is 44.0 Å². The molecule has 1 saturated heterocycles. The number of rotatable bonds is 4. The molecule has 1 aliphatic heterocycles. The molecule has 4 nitrogen and oxygen atoms in total. The van der Waals surface area contributed by atoms with E-state index >= 15 is 0 Å². The van der Waals surface area contributed by atoms with Gasteiger partial charge in [-0.1, -0.05) is 26.0 Å². The Kier molecular flexibility index (Phi) is 6.23.